The van der Waals surface area contributed by atoms with Crippen LogP contribution in [0.2, 0.25) is 0 Å². The van der Waals surface area contributed by atoms with Gasteiger partial charge in [-0.25, -0.2) is 0 Å². The molecule has 0 bridgehead atoms. The topological polar surface area (TPSA) is 3.24 Å². The second-order valence-corrected chi connectivity index (χ2v) is 15.2. The molecular formula is C54H37NS. The lowest BCUT2D eigenvalue weighted by molar-refractivity contribution is 1.29. The minimum atomic E-state index is 1.10. The van der Waals surface area contributed by atoms with Crippen LogP contribution in [0.3, 0.4) is 0 Å². The molecule has 0 radical (unpaired) electrons. The molecule has 10 aromatic rings. The second kappa shape index (κ2) is 14.7. The molecule has 1 nitrogen and oxygen atoms in total. The largest absolute Gasteiger partial charge is 0.310 e. The van der Waals surface area contributed by atoms with Gasteiger partial charge in [-0.2, -0.15) is 0 Å². The summed E-state index contributed by atoms with van der Waals surface area (Å²) >= 11 is 1.86. The van der Waals surface area contributed by atoms with Crippen molar-refractivity contribution < 1.29 is 0 Å². The van der Waals surface area contributed by atoms with Gasteiger partial charge in [0.25, 0.3) is 0 Å². The van der Waals surface area contributed by atoms with E-state index in [1.165, 1.54) is 70.2 Å². The van der Waals surface area contributed by atoms with Crippen molar-refractivity contribution >= 4 is 48.6 Å². The first kappa shape index (κ1) is 33.6. The highest BCUT2D eigenvalue weighted by molar-refractivity contribution is 7.25. The molecule has 0 aliphatic carbocycles. The van der Waals surface area contributed by atoms with Gasteiger partial charge in [0.2, 0.25) is 0 Å². The Morgan fingerprint density at radius 1 is 0.268 bits per heavy atom. The maximum atomic E-state index is 2.47. The van der Waals surface area contributed by atoms with E-state index in [0.29, 0.717) is 0 Å². The van der Waals surface area contributed by atoms with Crippen molar-refractivity contribution in [3.63, 3.8) is 0 Å². The fourth-order valence-electron chi connectivity index (χ4n) is 8.05. The van der Waals surface area contributed by atoms with Crippen LogP contribution < -0.4 is 4.90 Å². The van der Waals surface area contributed by atoms with Crippen molar-refractivity contribution in [2.45, 2.75) is 0 Å². The molecule has 0 aliphatic heterocycles. The summed E-state index contributed by atoms with van der Waals surface area (Å²) in [6, 6.07) is 81.5. The summed E-state index contributed by atoms with van der Waals surface area (Å²) in [5, 5.41) is 2.59. The number of thiophene rings is 1. The van der Waals surface area contributed by atoms with Crippen molar-refractivity contribution in [2.75, 3.05) is 4.90 Å². The van der Waals surface area contributed by atoms with Gasteiger partial charge in [-0.15, -0.1) is 11.3 Å². The predicted octanol–water partition coefficient (Wildman–Crippen LogP) is 15.9. The van der Waals surface area contributed by atoms with E-state index in [9.17, 15) is 0 Å². The summed E-state index contributed by atoms with van der Waals surface area (Å²) in [5.41, 5.74) is 15.2. The van der Waals surface area contributed by atoms with E-state index in [0.717, 1.165) is 22.6 Å². The van der Waals surface area contributed by atoms with Gasteiger partial charge in [0.15, 0.2) is 0 Å². The third kappa shape index (κ3) is 6.26. The van der Waals surface area contributed by atoms with Crippen molar-refractivity contribution in [3.8, 4) is 55.6 Å². The van der Waals surface area contributed by atoms with Gasteiger partial charge in [0.05, 0.1) is 5.69 Å². The highest BCUT2D eigenvalue weighted by atomic mass is 32.1. The fourth-order valence-corrected chi connectivity index (χ4v) is 9.19. The molecular weight excluding hydrogens is 695 g/mol. The molecule has 0 N–H and O–H groups in total. The first-order valence-electron chi connectivity index (χ1n) is 19.1. The van der Waals surface area contributed by atoms with E-state index in [4.69, 9.17) is 0 Å². The Kier molecular flexibility index (Phi) is 8.79. The van der Waals surface area contributed by atoms with E-state index < -0.39 is 0 Å². The molecule has 0 amide bonds. The van der Waals surface area contributed by atoms with E-state index >= 15 is 0 Å². The molecule has 0 atom stereocenters. The minimum absolute atomic E-state index is 1.10. The molecule has 0 saturated carbocycles. The van der Waals surface area contributed by atoms with Crippen LogP contribution in [0.5, 0.6) is 0 Å². The average molecular weight is 732 g/mol. The fraction of sp³-hybridized carbons (Fsp3) is 0. The highest BCUT2D eigenvalue weighted by Crippen LogP contribution is 2.48. The molecule has 0 spiro atoms. The molecule has 56 heavy (non-hydrogen) atoms. The van der Waals surface area contributed by atoms with Gasteiger partial charge >= 0.3 is 0 Å². The first-order valence-corrected chi connectivity index (χ1v) is 19.9. The Hall–Kier alpha value is -7.00. The van der Waals surface area contributed by atoms with Gasteiger partial charge in [0.1, 0.15) is 0 Å². The number of rotatable bonds is 8. The Morgan fingerprint density at radius 2 is 0.732 bits per heavy atom. The number of anilines is 3. The first-order chi connectivity index (χ1) is 27.8. The van der Waals surface area contributed by atoms with Gasteiger partial charge in [-0.05, 0) is 92.5 Å². The van der Waals surface area contributed by atoms with Crippen LogP contribution in [-0.2, 0) is 0 Å². The Labute approximate surface area is 332 Å². The smallest absolute Gasteiger partial charge is 0.0540 e. The van der Waals surface area contributed by atoms with Crippen LogP contribution in [-0.4, -0.2) is 0 Å². The molecule has 0 saturated heterocycles. The SMILES string of the molecule is c1ccc(-c2cc(-c3ccccc3)cc(N(c3ccc4c(c3)sc3ccccc34)c3ccccc3-c3ccccc3-c3ccccc3-c3ccccc3)c2)cc1. The van der Waals surface area contributed by atoms with Crippen LogP contribution in [0.1, 0.15) is 0 Å². The number of para-hydroxylation sites is 1. The zero-order chi connectivity index (χ0) is 37.3. The second-order valence-electron chi connectivity index (χ2n) is 14.1. The maximum Gasteiger partial charge on any atom is 0.0540 e. The number of fused-ring (bicyclic) bond motifs is 3. The Bertz CT molecular complexity index is 2910. The summed E-state index contributed by atoms with van der Waals surface area (Å²) in [6.07, 6.45) is 0. The molecule has 264 valence electrons. The summed E-state index contributed by atoms with van der Waals surface area (Å²) in [4.78, 5) is 2.47. The van der Waals surface area contributed by atoms with E-state index in [1.807, 2.05) is 11.3 Å². The van der Waals surface area contributed by atoms with Crippen LogP contribution in [0.25, 0.3) is 75.8 Å². The summed E-state index contributed by atoms with van der Waals surface area (Å²) in [5.74, 6) is 0. The lowest BCUT2D eigenvalue weighted by atomic mass is 9.88. The summed E-state index contributed by atoms with van der Waals surface area (Å²) < 4.78 is 2.57. The van der Waals surface area contributed by atoms with E-state index in [1.54, 1.807) is 0 Å². The molecule has 0 unspecified atom stereocenters. The van der Waals surface area contributed by atoms with E-state index in [2.05, 4.69) is 229 Å². The normalized spacial score (nSPS) is 11.2. The highest BCUT2D eigenvalue weighted by Gasteiger charge is 2.22. The van der Waals surface area contributed by atoms with E-state index in [-0.39, 0.29) is 0 Å². The zero-order valence-electron chi connectivity index (χ0n) is 30.7. The number of hydrogen-bond donors (Lipinski definition) is 0. The van der Waals surface area contributed by atoms with Gasteiger partial charge in [0, 0.05) is 37.1 Å². The Morgan fingerprint density at radius 3 is 1.38 bits per heavy atom. The average Bonchev–Trinajstić information content (AvgIpc) is 3.65. The monoisotopic (exact) mass is 731 g/mol. The van der Waals surface area contributed by atoms with Crippen LogP contribution in [0.4, 0.5) is 17.1 Å². The molecule has 0 fully saturated rings. The van der Waals surface area contributed by atoms with Gasteiger partial charge in [-0.1, -0.05) is 182 Å². The number of nitrogens with zero attached hydrogens (tertiary/aromatic N) is 1. The zero-order valence-corrected chi connectivity index (χ0v) is 31.5. The standard InChI is InChI=1S/C54H37NS/c1-4-18-38(19-5-1)41-34-42(39-20-6-2-7-21-39)36-44(35-41)55(43-32-33-51-50-29-15-17-31-53(50)56-54(51)37-43)52-30-16-14-28-49(52)48-27-13-12-26-47(48)46-25-11-10-24-45(46)40-22-8-3-9-23-40/h1-37H. The predicted molar refractivity (Wildman–Crippen MR) is 241 cm³/mol. The van der Waals surface area contributed by atoms with Gasteiger partial charge in [-0.3, -0.25) is 0 Å². The van der Waals surface area contributed by atoms with Gasteiger partial charge < -0.3 is 4.90 Å². The van der Waals surface area contributed by atoms with Crippen molar-refractivity contribution in [2.24, 2.45) is 0 Å². The quantitative estimate of drug-likeness (QED) is 0.150. The summed E-state index contributed by atoms with van der Waals surface area (Å²) in [7, 11) is 0. The molecule has 1 aromatic heterocycles. The molecule has 2 heteroatoms. The lowest BCUT2D eigenvalue weighted by Crippen LogP contribution is -2.12. The molecule has 1 heterocycles. The third-order valence-electron chi connectivity index (χ3n) is 10.7. The lowest BCUT2D eigenvalue weighted by Gasteiger charge is -2.29. The summed E-state index contributed by atoms with van der Waals surface area (Å²) in [6.45, 7) is 0. The third-order valence-corrected chi connectivity index (χ3v) is 11.8. The molecule has 9 aromatic carbocycles. The molecule has 0 aliphatic rings. The minimum Gasteiger partial charge on any atom is -0.310 e. The van der Waals surface area contributed by atoms with Crippen molar-refractivity contribution in [3.05, 3.63) is 224 Å². The maximum absolute atomic E-state index is 2.47. The van der Waals surface area contributed by atoms with Crippen LogP contribution in [0.15, 0.2) is 224 Å². The van der Waals surface area contributed by atoms with Crippen LogP contribution in [0, 0.1) is 0 Å². The number of benzene rings is 9. The van der Waals surface area contributed by atoms with Crippen LogP contribution >= 0.6 is 11.3 Å². The van der Waals surface area contributed by atoms with Crippen molar-refractivity contribution in [1.82, 2.24) is 0 Å². The molecule has 10 rings (SSSR count). The Balaban J connectivity index is 1.23. The number of hydrogen-bond acceptors (Lipinski definition) is 2. The van der Waals surface area contributed by atoms with Crippen molar-refractivity contribution in [1.29, 1.82) is 0 Å².